The summed E-state index contributed by atoms with van der Waals surface area (Å²) >= 11 is 0. The fourth-order valence-electron chi connectivity index (χ4n) is 2.08. The third-order valence-corrected chi connectivity index (χ3v) is 2.90. The second-order valence-corrected chi connectivity index (χ2v) is 3.80. The first kappa shape index (κ1) is 9.11. The quantitative estimate of drug-likeness (QED) is 0.729. The Labute approximate surface area is 80.7 Å². The number of aromatic amines is 1. The molecular weight excluding hydrogens is 184 g/mol. The van der Waals surface area contributed by atoms with Crippen molar-refractivity contribution in [2.75, 3.05) is 0 Å². The Hall–Kier alpha value is -1.46. The number of hydrogen-bond acceptors (Lipinski definition) is 4. The van der Waals surface area contributed by atoms with Gasteiger partial charge in [0.2, 0.25) is 0 Å². The number of aromatic nitrogens is 4. The van der Waals surface area contributed by atoms with Crippen LogP contribution in [-0.2, 0) is 11.2 Å². The Kier molecular flexibility index (Phi) is 2.18. The topological polar surface area (TPSA) is 91.8 Å². The van der Waals surface area contributed by atoms with E-state index in [0.717, 1.165) is 25.7 Å². The van der Waals surface area contributed by atoms with Gasteiger partial charge in [-0.3, -0.25) is 4.79 Å². The molecule has 0 bridgehead atoms. The highest BCUT2D eigenvalue weighted by Crippen LogP contribution is 2.40. The molecule has 1 heterocycles. The van der Waals surface area contributed by atoms with E-state index in [-0.39, 0.29) is 0 Å². The zero-order valence-corrected chi connectivity index (χ0v) is 7.73. The van der Waals surface area contributed by atoms with Crippen LogP contribution in [0.1, 0.15) is 31.5 Å². The van der Waals surface area contributed by atoms with Crippen LogP contribution in [0.25, 0.3) is 0 Å². The maximum Gasteiger partial charge on any atom is 0.310 e. The van der Waals surface area contributed by atoms with Crippen molar-refractivity contribution in [1.29, 1.82) is 0 Å². The molecule has 1 aromatic rings. The van der Waals surface area contributed by atoms with Crippen LogP contribution >= 0.6 is 0 Å². The molecule has 0 amide bonds. The van der Waals surface area contributed by atoms with E-state index in [1.54, 1.807) is 0 Å². The third kappa shape index (κ3) is 1.47. The second kappa shape index (κ2) is 3.36. The molecule has 1 aliphatic carbocycles. The van der Waals surface area contributed by atoms with Gasteiger partial charge in [-0.2, -0.15) is 5.21 Å². The number of aliphatic carboxylic acids is 1. The van der Waals surface area contributed by atoms with Gasteiger partial charge < -0.3 is 5.11 Å². The molecule has 6 heteroatoms. The fraction of sp³-hybridized carbons (Fsp3) is 0.750. The Morgan fingerprint density at radius 2 is 2.21 bits per heavy atom. The van der Waals surface area contributed by atoms with E-state index in [1.807, 2.05) is 0 Å². The smallest absolute Gasteiger partial charge is 0.310 e. The van der Waals surface area contributed by atoms with E-state index in [9.17, 15) is 9.90 Å². The van der Waals surface area contributed by atoms with Crippen LogP contribution in [0.15, 0.2) is 0 Å². The average molecular weight is 196 g/mol. The summed E-state index contributed by atoms with van der Waals surface area (Å²) in [5, 5.41) is 22.5. The van der Waals surface area contributed by atoms with Gasteiger partial charge in [0.25, 0.3) is 0 Å². The molecule has 0 unspecified atom stereocenters. The largest absolute Gasteiger partial charge is 0.481 e. The van der Waals surface area contributed by atoms with E-state index >= 15 is 0 Å². The minimum atomic E-state index is -0.736. The van der Waals surface area contributed by atoms with Crippen molar-refractivity contribution < 1.29 is 9.90 Å². The number of carbonyl (C=O) groups is 1. The van der Waals surface area contributed by atoms with Crippen molar-refractivity contribution >= 4 is 5.97 Å². The van der Waals surface area contributed by atoms with Crippen LogP contribution in [0.4, 0.5) is 0 Å². The van der Waals surface area contributed by atoms with Gasteiger partial charge in [0.1, 0.15) is 0 Å². The van der Waals surface area contributed by atoms with Gasteiger partial charge in [0.15, 0.2) is 5.82 Å². The van der Waals surface area contributed by atoms with Crippen molar-refractivity contribution in [1.82, 2.24) is 20.6 Å². The summed E-state index contributed by atoms with van der Waals surface area (Å²) in [4.78, 5) is 11.2. The molecule has 0 atom stereocenters. The highest BCUT2D eigenvalue weighted by molar-refractivity contribution is 5.75. The number of hydrogen-bond donors (Lipinski definition) is 2. The third-order valence-electron chi connectivity index (χ3n) is 2.90. The Morgan fingerprint density at radius 1 is 1.50 bits per heavy atom. The lowest BCUT2D eigenvalue weighted by Gasteiger charge is -2.21. The summed E-state index contributed by atoms with van der Waals surface area (Å²) in [5.41, 5.74) is -0.649. The molecular formula is C8H12N4O2. The van der Waals surface area contributed by atoms with Crippen LogP contribution in [0.3, 0.4) is 0 Å². The standard InChI is InChI=1S/C8H12N4O2/c13-7(14)8(3-1-2-4-8)5-6-9-11-12-10-6/h1-5H2,(H,13,14)(H,9,10,11,12). The number of nitrogens with zero attached hydrogens (tertiary/aromatic N) is 3. The molecule has 6 nitrogen and oxygen atoms in total. The monoisotopic (exact) mass is 196 g/mol. The van der Waals surface area contributed by atoms with Crippen LogP contribution in [0, 0.1) is 5.41 Å². The van der Waals surface area contributed by atoms with Crippen molar-refractivity contribution in [2.45, 2.75) is 32.1 Å². The molecule has 0 radical (unpaired) electrons. The van der Waals surface area contributed by atoms with Crippen molar-refractivity contribution in [2.24, 2.45) is 5.41 Å². The summed E-state index contributed by atoms with van der Waals surface area (Å²) < 4.78 is 0. The fourth-order valence-corrected chi connectivity index (χ4v) is 2.08. The molecule has 2 rings (SSSR count). The lowest BCUT2D eigenvalue weighted by Crippen LogP contribution is -2.30. The highest BCUT2D eigenvalue weighted by atomic mass is 16.4. The average Bonchev–Trinajstić information content (AvgIpc) is 2.76. The number of nitrogens with one attached hydrogen (secondary N) is 1. The van der Waals surface area contributed by atoms with Crippen molar-refractivity contribution in [3.63, 3.8) is 0 Å². The Bertz CT molecular complexity index is 316. The number of H-pyrrole nitrogens is 1. The second-order valence-electron chi connectivity index (χ2n) is 3.80. The zero-order chi connectivity index (χ0) is 10.0. The molecule has 0 aliphatic heterocycles. The summed E-state index contributed by atoms with van der Waals surface area (Å²) in [6, 6.07) is 0. The predicted octanol–water partition coefficient (Wildman–Crippen LogP) is 0.387. The molecule has 0 aromatic carbocycles. The Morgan fingerprint density at radius 3 is 2.71 bits per heavy atom. The summed E-state index contributed by atoms with van der Waals surface area (Å²) in [6.07, 6.45) is 3.78. The van der Waals surface area contributed by atoms with Gasteiger partial charge in [-0.05, 0) is 12.8 Å². The minimum absolute atomic E-state index is 0.388. The molecule has 2 N–H and O–H groups in total. The predicted molar refractivity (Wildman–Crippen MR) is 46.4 cm³/mol. The summed E-state index contributed by atoms with van der Waals surface area (Å²) in [7, 11) is 0. The normalized spacial score (nSPS) is 19.7. The molecule has 1 aliphatic rings. The lowest BCUT2D eigenvalue weighted by molar-refractivity contribution is -0.148. The number of carboxylic acids is 1. The maximum atomic E-state index is 11.2. The van der Waals surface area contributed by atoms with E-state index in [1.165, 1.54) is 0 Å². The van der Waals surface area contributed by atoms with Crippen LogP contribution in [0.5, 0.6) is 0 Å². The number of rotatable bonds is 3. The first-order valence-corrected chi connectivity index (χ1v) is 4.69. The van der Waals surface area contributed by atoms with Gasteiger partial charge in [0, 0.05) is 6.42 Å². The van der Waals surface area contributed by atoms with Gasteiger partial charge in [-0.25, -0.2) is 0 Å². The summed E-state index contributed by atoms with van der Waals surface area (Å²) in [5.74, 6) is -0.242. The molecule has 1 fully saturated rings. The van der Waals surface area contributed by atoms with Crippen LogP contribution in [-0.4, -0.2) is 31.7 Å². The van der Waals surface area contributed by atoms with Gasteiger partial charge >= 0.3 is 5.97 Å². The van der Waals surface area contributed by atoms with Gasteiger partial charge in [-0.15, -0.1) is 10.2 Å². The molecule has 14 heavy (non-hydrogen) atoms. The van der Waals surface area contributed by atoms with Crippen molar-refractivity contribution in [3.8, 4) is 0 Å². The van der Waals surface area contributed by atoms with E-state index < -0.39 is 11.4 Å². The first-order valence-electron chi connectivity index (χ1n) is 4.69. The molecule has 0 saturated heterocycles. The van der Waals surface area contributed by atoms with Crippen LogP contribution in [0.2, 0.25) is 0 Å². The van der Waals surface area contributed by atoms with Gasteiger partial charge in [-0.1, -0.05) is 18.1 Å². The molecule has 1 aromatic heterocycles. The maximum absolute atomic E-state index is 11.2. The Balaban J connectivity index is 2.16. The SMILES string of the molecule is O=C(O)C1(Cc2nn[nH]n2)CCCC1. The molecule has 0 spiro atoms. The van der Waals surface area contributed by atoms with E-state index in [2.05, 4.69) is 20.6 Å². The summed E-state index contributed by atoms with van der Waals surface area (Å²) in [6.45, 7) is 0. The van der Waals surface area contributed by atoms with Crippen LogP contribution < -0.4 is 0 Å². The molecule has 76 valence electrons. The first-order chi connectivity index (χ1) is 6.73. The lowest BCUT2D eigenvalue weighted by atomic mass is 9.82. The minimum Gasteiger partial charge on any atom is -0.481 e. The number of carboxylic acid groups (broad SMARTS) is 1. The van der Waals surface area contributed by atoms with E-state index in [0.29, 0.717) is 12.2 Å². The van der Waals surface area contributed by atoms with Crippen molar-refractivity contribution in [3.05, 3.63) is 5.82 Å². The zero-order valence-electron chi connectivity index (χ0n) is 7.73. The highest BCUT2D eigenvalue weighted by Gasteiger charge is 2.42. The van der Waals surface area contributed by atoms with Gasteiger partial charge in [0.05, 0.1) is 5.41 Å². The number of tetrazole rings is 1. The van der Waals surface area contributed by atoms with E-state index in [4.69, 9.17) is 0 Å². The molecule has 1 saturated carbocycles.